The SMILES string of the molecule is CCCS(=O)(=O)NC[C@@H](C[C@H](O)[C@H](CC1CCCCC1)NC(=O)[C@H](Cc1cnc[nH]1)NC(=O)[C@H](Cc1ccccc1)NC(=O)CCCCCC(=O)OC)C(C)C. The van der Waals surface area contributed by atoms with E-state index in [-0.39, 0.29) is 68.1 Å². The Hall–Kier alpha value is -3.82. The van der Waals surface area contributed by atoms with Crippen LogP contribution in [0.4, 0.5) is 0 Å². The number of sulfonamides is 1. The summed E-state index contributed by atoms with van der Waals surface area (Å²) < 4.78 is 32.3. The number of ether oxygens (including phenoxy) is 1. The fourth-order valence-corrected chi connectivity index (χ4v) is 8.42. The Balaban J connectivity index is 1.80. The number of hydrogen-bond acceptors (Lipinski definition) is 9. The molecule has 1 aromatic carbocycles. The number of carbonyl (C=O) groups excluding carboxylic acids is 4. The quantitative estimate of drug-likeness (QED) is 0.0597. The van der Waals surface area contributed by atoms with E-state index in [0.717, 1.165) is 37.7 Å². The molecule has 1 aromatic heterocycles. The minimum absolute atomic E-state index is 0.0263. The van der Waals surface area contributed by atoms with Gasteiger partial charge in [-0.2, -0.15) is 0 Å². The van der Waals surface area contributed by atoms with Crippen LogP contribution < -0.4 is 20.7 Å². The number of amides is 3. The Bertz CT molecular complexity index is 1570. The third-order valence-electron chi connectivity index (χ3n) is 10.7. The first kappa shape index (κ1) is 46.6. The van der Waals surface area contributed by atoms with Gasteiger partial charge in [0.25, 0.3) is 0 Å². The lowest BCUT2D eigenvalue weighted by atomic mass is 9.81. The van der Waals surface area contributed by atoms with Crippen LogP contribution in [0.15, 0.2) is 42.9 Å². The largest absolute Gasteiger partial charge is 0.469 e. The fraction of sp³-hybridized carbons (Fsp3) is 0.683. The van der Waals surface area contributed by atoms with Crippen LogP contribution in [0.3, 0.4) is 0 Å². The van der Waals surface area contributed by atoms with Crippen LogP contribution in [0.5, 0.6) is 0 Å². The molecule has 3 amide bonds. The normalized spacial score (nSPS) is 16.3. The van der Waals surface area contributed by atoms with E-state index in [1.165, 1.54) is 13.4 Å². The number of nitrogens with one attached hydrogen (secondary N) is 5. The van der Waals surface area contributed by atoms with Gasteiger partial charge in [0.2, 0.25) is 27.7 Å². The van der Waals surface area contributed by atoms with Crippen molar-refractivity contribution in [3.63, 3.8) is 0 Å². The third kappa shape index (κ3) is 17.5. The van der Waals surface area contributed by atoms with E-state index >= 15 is 0 Å². The summed E-state index contributed by atoms with van der Waals surface area (Å²) in [5.41, 5.74) is 1.44. The van der Waals surface area contributed by atoms with Crippen LogP contribution in [-0.4, -0.2) is 90.8 Å². The van der Waals surface area contributed by atoms with Crippen LogP contribution in [0, 0.1) is 17.8 Å². The van der Waals surface area contributed by atoms with Gasteiger partial charge in [-0.15, -0.1) is 0 Å². The van der Waals surface area contributed by atoms with Crippen molar-refractivity contribution in [2.75, 3.05) is 19.4 Å². The minimum atomic E-state index is -3.44. The predicted molar refractivity (Wildman–Crippen MR) is 216 cm³/mol. The lowest BCUT2D eigenvalue weighted by Crippen LogP contribution is -2.57. The van der Waals surface area contributed by atoms with E-state index in [4.69, 9.17) is 0 Å². The zero-order valence-electron chi connectivity index (χ0n) is 33.8. The number of nitrogens with zero attached hydrogens (tertiary/aromatic N) is 1. The number of aromatic nitrogens is 2. The summed E-state index contributed by atoms with van der Waals surface area (Å²) in [7, 11) is -2.10. The highest BCUT2D eigenvalue weighted by Gasteiger charge is 2.33. The summed E-state index contributed by atoms with van der Waals surface area (Å²) in [5.74, 6) is -1.42. The molecule has 0 spiro atoms. The maximum atomic E-state index is 14.3. The second-order valence-electron chi connectivity index (χ2n) is 15.6. The van der Waals surface area contributed by atoms with Crippen LogP contribution in [0.1, 0.15) is 115 Å². The Labute approximate surface area is 333 Å². The van der Waals surface area contributed by atoms with Crippen LogP contribution in [-0.2, 0) is 46.8 Å². The van der Waals surface area contributed by atoms with Gasteiger partial charge in [0, 0.05) is 44.1 Å². The van der Waals surface area contributed by atoms with Crippen molar-refractivity contribution in [2.24, 2.45) is 17.8 Å². The van der Waals surface area contributed by atoms with Gasteiger partial charge in [-0.25, -0.2) is 18.1 Å². The Morgan fingerprint density at radius 1 is 0.929 bits per heavy atom. The highest BCUT2D eigenvalue weighted by Crippen LogP contribution is 2.30. The van der Waals surface area contributed by atoms with E-state index in [2.05, 4.69) is 35.4 Å². The summed E-state index contributed by atoms with van der Waals surface area (Å²) in [5, 5.41) is 20.7. The number of H-pyrrole nitrogens is 1. The van der Waals surface area contributed by atoms with Gasteiger partial charge in [-0.1, -0.05) is 89.6 Å². The number of imidazole rings is 1. The van der Waals surface area contributed by atoms with Crippen molar-refractivity contribution in [3.8, 4) is 0 Å². The molecule has 0 aliphatic heterocycles. The van der Waals surface area contributed by atoms with Gasteiger partial charge in [0.1, 0.15) is 12.1 Å². The third-order valence-corrected chi connectivity index (χ3v) is 12.2. The molecule has 1 saturated carbocycles. The maximum absolute atomic E-state index is 14.3. The van der Waals surface area contributed by atoms with E-state index in [0.29, 0.717) is 43.7 Å². The molecule has 56 heavy (non-hydrogen) atoms. The molecule has 14 nitrogen and oxygen atoms in total. The molecule has 1 fully saturated rings. The Morgan fingerprint density at radius 3 is 2.25 bits per heavy atom. The number of aromatic amines is 1. The van der Waals surface area contributed by atoms with Crippen molar-refractivity contribution in [1.29, 1.82) is 0 Å². The predicted octanol–water partition coefficient (Wildman–Crippen LogP) is 4.10. The van der Waals surface area contributed by atoms with Gasteiger partial charge < -0.3 is 30.8 Å². The second kappa shape index (κ2) is 24.7. The zero-order valence-corrected chi connectivity index (χ0v) is 34.6. The molecule has 5 atom stereocenters. The highest BCUT2D eigenvalue weighted by molar-refractivity contribution is 7.89. The zero-order chi connectivity index (χ0) is 40.9. The van der Waals surface area contributed by atoms with Crippen molar-refractivity contribution in [3.05, 3.63) is 54.1 Å². The first-order valence-corrected chi connectivity index (χ1v) is 22.1. The Kier molecular flexibility index (Phi) is 20.6. The summed E-state index contributed by atoms with van der Waals surface area (Å²) in [6.07, 6.45) is 11.2. The molecule has 3 rings (SSSR count). The lowest BCUT2D eigenvalue weighted by molar-refractivity contribution is -0.140. The van der Waals surface area contributed by atoms with Gasteiger partial charge in [0.15, 0.2) is 0 Å². The molecule has 0 unspecified atom stereocenters. The van der Waals surface area contributed by atoms with E-state index in [9.17, 15) is 32.7 Å². The molecule has 1 aliphatic carbocycles. The number of carbonyl (C=O) groups is 4. The van der Waals surface area contributed by atoms with Crippen molar-refractivity contribution >= 4 is 33.7 Å². The smallest absolute Gasteiger partial charge is 0.305 e. The topological polar surface area (TPSA) is 209 Å². The van der Waals surface area contributed by atoms with Gasteiger partial charge in [-0.3, -0.25) is 19.2 Å². The summed E-state index contributed by atoms with van der Waals surface area (Å²) in [6, 6.07) is 6.60. The number of aliphatic hydroxyl groups is 1. The fourth-order valence-electron chi connectivity index (χ4n) is 7.28. The summed E-state index contributed by atoms with van der Waals surface area (Å²) >= 11 is 0. The molecule has 1 heterocycles. The number of rotatable bonds is 26. The lowest BCUT2D eigenvalue weighted by Gasteiger charge is -2.34. The number of methoxy groups -OCH3 is 1. The van der Waals surface area contributed by atoms with Crippen LogP contribution in [0.2, 0.25) is 0 Å². The first-order valence-electron chi connectivity index (χ1n) is 20.4. The highest BCUT2D eigenvalue weighted by atomic mass is 32.2. The number of unbranched alkanes of at least 4 members (excludes halogenated alkanes) is 2. The summed E-state index contributed by atoms with van der Waals surface area (Å²) in [6.45, 7) is 5.97. The minimum Gasteiger partial charge on any atom is -0.469 e. The number of esters is 1. The first-order chi connectivity index (χ1) is 26.8. The molecule has 0 radical (unpaired) electrons. The molecular weight excluding hydrogens is 737 g/mol. The molecule has 0 saturated heterocycles. The van der Waals surface area contributed by atoms with Gasteiger partial charge in [0.05, 0.1) is 31.3 Å². The molecule has 2 aromatic rings. The van der Waals surface area contributed by atoms with E-state index in [1.807, 2.05) is 51.1 Å². The molecule has 314 valence electrons. The molecular formula is C41H66N6O8S. The molecule has 0 bridgehead atoms. The van der Waals surface area contributed by atoms with Crippen molar-refractivity contribution < 1.29 is 37.4 Å². The van der Waals surface area contributed by atoms with Crippen molar-refractivity contribution in [2.45, 2.75) is 141 Å². The van der Waals surface area contributed by atoms with Gasteiger partial charge in [-0.05, 0) is 55.4 Å². The number of aliphatic hydroxyl groups excluding tert-OH is 1. The van der Waals surface area contributed by atoms with Gasteiger partial charge >= 0.3 is 5.97 Å². The number of benzene rings is 1. The average molecular weight is 803 g/mol. The maximum Gasteiger partial charge on any atom is 0.305 e. The van der Waals surface area contributed by atoms with Crippen molar-refractivity contribution in [1.82, 2.24) is 30.6 Å². The number of hydrogen-bond donors (Lipinski definition) is 6. The van der Waals surface area contributed by atoms with E-state index in [1.54, 1.807) is 6.20 Å². The molecule has 15 heteroatoms. The summed E-state index contributed by atoms with van der Waals surface area (Å²) in [4.78, 5) is 60.0. The van der Waals surface area contributed by atoms with E-state index < -0.39 is 46.1 Å². The second-order valence-corrected chi connectivity index (χ2v) is 17.5. The average Bonchev–Trinajstić information content (AvgIpc) is 3.69. The molecule has 1 aliphatic rings. The standard InChI is InChI=1S/C41H66N6O8S/c1-5-21-56(53,54)44-26-32(29(2)3)24-37(48)34(22-30-15-9-6-10-16-30)46-41(52)36(25-33-27-42-28-43-33)47-40(51)35(23-31-17-11-7-12-18-31)45-38(49)19-13-8-14-20-39(50)55-4/h7,11-12,17-18,27-30,32,34-37,44,48H,5-6,8-10,13-16,19-26H2,1-4H3,(H,42,43)(H,45,49)(H,46,52)(H,47,51)/t32-,34+,35+,36+,37+/m1/s1. The van der Waals surface area contributed by atoms with Crippen LogP contribution in [0.25, 0.3) is 0 Å². The molecule has 6 N–H and O–H groups in total. The van der Waals surface area contributed by atoms with Crippen LogP contribution >= 0.6 is 0 Å². The monoisotopic (exact) mass is 802 g/mol. The Morgan fingerprint density at radius 2 is 1.61 bits per heavy atom.